The molecule has 1 N–H and O–H groups in total. The zero-order valence-electron chi connectivity index (χ0n) is 11.1. The lowest BCUT2D eigenvalue weighted by Crippen LogP contribution is -2.01. The van der Waals surface area contributed by atoms with E-state index in [4.69, 9.17) is 14.6 Å². The van der Waals surface area contributed by atoms with Crippen LogP contribution in [0.2, 0.25) is 0 Å². The average Bonchev–Trinajstić information content (AvgIpc) is 2.41. The Morgan fingerprint density at radius 1 is 1.26 bits per heavy atom. The van der Waals surface area contributed by atoms with E-state index in [-0.39, 0.29) is 12.4 Å². The second-order valence-corrected chi connectivity index (χ2v) is 3.96. The number of benzene rings is 1. The molecule has 4 heteroatoms. The Labute approximate surface area is 113 Å². The topological polar surface area (TPSA) is 38.7 Å². The van der Waals surface area contributed by atoms with Gasteiger partial charge in [-0.05, 0) is 25.0 Å². The van der Waals surface area contributed by atoms with Gasteiger partial charge in [-0.15, -0.1) is 0 Å². The molecule has 0 amide bonds. The molecule has 0 radical (unpaired) electrons. The lowest BCUT2D eigenvalue weighted by Gasteiger charge is -2.08. The van der Waals surface area contributed by atoms with E-state index >= 15 is 0 Å². The molecular weight excluding hydrogens is 247 g/mol. The number of halogens is 1. The van der Waals surface area contributed by atoms with Crippen LogP contribution in [0.1, 0.15) is 24.8 Å². The van der Waals surface area contributed by atoms with Gasteiger partial charge in [0.2, 0.25) is 0 Å². The van der Waals surface area contributed by atoms with Crippen molar-refractivity contribution in [3.8, 4) is 17.6 Å². The largest absolute Gasteiger partial charge is 0.492 e. The van der Waals surface area contributed by atoms with Gasteiger partial charge in [0, 0.05) is 26.2 Å². The number of unbranched alkanes of at least 4 members (excludes halogenated alkanes) is 1. The second-order valence-electron chi connectivity index (χ2n) is 3.96. The highest BCUT2D eigenvalue weighted by atomic mass is 19.1. The van der Waals surface area contributed by atoms with Gasteiger partial charge in [0.15, 0.2) is 0 Å². The van der Waals surface area contributed by atoms with Crippen LogP contribution in [-0.2, 0) is 4.74 Å². The van der Waals surface area contributed by atoms with Crippen LogP contribution in [0.25, 0.3) is 0 Å². The number of ether oxygens (including phenoxy) is 2. The van der Waals surface area contributed by atoms with E-state index in [2.05, 4.69) is 11.8 Å². The number of aliphatic hydroxyl groups is 1. The van der Waals surface area contributed by atoms with Crippen molar-refractivity contribution < 1.29 is 19.0 Å². The van der Waals surface area contributed by atoms with E-state index in [1.54, 1.807) is 13.2 Å². The third-order valence-corrected chi connectivity index (χ3v) is 2.40. The van der Waals surface area contributed by atoms with Crippen LogP contribution in [0.15, 0.2) is 18.2 Å². The van der Waals surface area contributed by atoms with Crippen molar-refractivity contribution >= 4 is 0 Å². The van der Waals surface area contributed by atoms with E-state index in [0.717, 1.165) is 12.8 Å². The molecule has 0 spiro atoms. The molecule has 0 aliphatic carbocycles. The second kappa shape index (κ2) is 9.37. The van der Waals surface area contributed by atoms with Crippen molar-refractivity contribution in [1.29, 1.82) is 0 Å². The minimum atomic E-state index is -0.348. The predicted molar refractivity (Wildman–Crippen MR) is 71.6 cm³/mol. The summed E-state index contributed by atoms with van der Waals surface area (Å²) in [5.74, 6) is 5.77. The third-order valence-electron chi connectivity index (χ3n) is 2.40. The Kier molecular flexibility index (Phi) is 7.64. The summed E-state index contributed by atoms with van der Waals surface area (Å²) in [6.45, 7) is 1.21. The first-order chi connectivity index (χ1) is 9.27. The van der Waals surface area contributed by atoms with Crippen LogP contribution in [-0.4, -0.2) is 32.0 Å². The lowest BCUT2D eigenvalue weighted by molar-refractivity contribution is 0.184. The third kappa shape index (κ3) is 6.23. The van der Waals surface area contributed by atoms with Crippen LogP contribution in [0.4, 0.5) is 4.39 Å². The Morgan fingerprint density at radius 3 is 2.79 bits per heavy atom. The van der Waals surface area contributed by atoms with Gasteiger partial charge in [0.05, 0.1) is 18.8 Å². The van der Waals surface area contributed by atoms with Crippen molar-refractivity contribution in [3.05, 3.63) is 29.6 Å². The number of methoxy groups -OCH3 is 1. The van der Waals surface area contributed by atoms with Gasteiger partial charge < -0.3 is 14.6 Å². The summed E-state index contributed by atoms with van der Waals surface area (Å²) in [6, 6.07) is 4.27. The maximum Gasteiger partial charge on any atom is 0.137 e. The molecule has 3 nitrogen and oxygen atoms in total. The van der Waals surface area contributed by atoms with Crippen LogP contribution in [0.3, 0.4) is 0 Å². The summed E-state index contributed by atoms with van der Waals surface area (Å²) < 4.78 is 23.7. The molecule has 104 valence electrons. The Bertz CT molecular complexity index is 435. The zero-order chi connectivity index (χ0) is 13.9. The van der Waals surface area contributed by atoms with Crippen molar-refractivity contribution in [3.63, 3.8) is 0 Å². The van der Waals surface area contributed by atoms with Crippen LogP contribution in [0, 0.1) is 17.7 Å². The van der Waals surface area contributed by atoms with Crippen molar-refractivity contribution in [2.45, 2.75) is 19.3 Å². The minimum Gasteiger partial charge on any atom is -0.492 e. The van der Waals surface area contributed by atoms with Gasteiger partial charge >= 0.3 is 0 Å². The summed E-state index contributed by atoms with van der Waals surface area (Å²) in [5.41, 5.74) is 0.640. The first-order valence-electron chi connectivity index (χ1n) is 6.29. The molecule has 0 bridgehead atoms. The molecule has 19 heavy (non-hydrogen) atoms. The Hall–Kier alpha value is -1.57. The quantitative estimate of drug-likeness (QED) is 0.608. The predicted octanol–water partition coefficient (Wildman–Crippen LogP) is 2.37. The molecule has 1 aromatic carbocycles. The first-order valence-corrected chi connectivity index (χ1v) is 6.29. The maximum absolute atomic E-state index is 13.2. The molecule has 0 atom stereocenters. The molecule has 0 saturated carbocycles. The minimum absolute atomic E-state index is 0.0153. The van der Waals surface area contributed by atoms with E-state index in [1.165, 1.54) is 12.1 Å². The molecule has 0 aromatic heterocycles. The molecule has 1 aromatic rings. The lowest BCUT2D eigenvalue weighted by atomic mass is 10.2. The zero-order valence-corrected chi connectivity index (χ0v) is 11.1. The number of aliphatic hydroxyl groups excluding tert-OH is 1. The molecule has 0 aliphatic rings. The van der Waals surface area contributed by atoms with Crippen LogP contribution >= 0.6 is 0 Å². The van der Waals surface area contributed by atoms with Gasteiger partial charge in [-0.1, -0.05) is 11.8 Å². The highest BCUT2D eigenvalue weighted by Gasteiger charge is 2.03. The van der Waals surface area contributed by atoms with Gasteiger partial charge in [-0.3, -0.25) is 0 Å². The van der Waals surface area contributed by atoms with Gasteiger partial charge in [-0.2, -0.15) is 0 Å². The van der Waals surface area contributed by atoms with E-state index in [9.17, 15) is 4.39 Å². The van der Waals surface area contributed by atoms with Gasteiger partial charge in [0.25, 0.3) is 0 Å². The first kappa shape index (κ1) is 15.5. The monoisotopic (exact) mass is 266 g/mol. The van der Waals surface area contributed by atoms with Gasteiger partial charge in [0.1, 0.15) is 11.6 Å². The fourth-order valence-corrected chi connectivity index (χ4v) is 1.46. The fraction of sp³-hybridized carbons (Fsp3) is 0.467. The van der Waals surface area contributed by atoms with E-state index in [1.807, 2.05) is 0 Å². The molecule has 1 rings (SSSR count). The van der Waals surface area contributed by atoms with Gasteiger partial charge in [-0.25, -0.2) is 4.39 Å². The van der Waals surface area contributed by atoms with E-state index < -0.39 is 0 Å². The molecule has 0 aliphatic heterocycles. The summed E-state index contributed by atoms with van der Waals surface area (Å²) in [7, 11) is 1.66. The molecule has 0 heterocycles. The van der Waals surface area contributed by atoms with Crippen molar-refractivity contribution in [2.75, 3.05) is 26.9 Å². The maximum atomic E-state index is 13.2. The van der Waals surface area contributed by atoms with Crippen molar-refractivity contribution in [1.82, 2.24) is 0 Å². The number of rotatable bonds is 7. The van der Waals surface area contributed by atoms with E-state index in [0.29, 0.717) is 30.9 Å². The normalized spacial score (nSPS) is 9.84. The summed E-state index contributed by atoms with van der Waals surface area (Å²) >= 11 is 0. The molecular formula is C15H19FO3. The summed E-state index contributed by atoms with van der Waals surface area (Å²) in [5, 5.41) is 8.68. The number of hydrogen-bond acceptors (Lipinski definition) is 3. The fourth-order valence-electron chi connectivity index (χ4n) is 1.46. The molecule has 0 fully saturated rings. The SMILES string of the molecule is COCCCCOc1cc(F)ccc1C#CCCO. The standard InChI is InChI=1S/C15H19FO3/c1-18-10-4-5-11-19-15-12-14(16)8-7-13(15)6-2-3-9-17/h7-8,12,17H,3-5,9-11H2,1H3. The summed E-state index contributed by atoms with van der Waals surface area (Å²) in [4.78, 5) is 0. The Balaban J connectivity index is 2.59. The molecule has 0 unspecified atom stereocenters. The number of hydrogen-bond donors (Lipinski definition) is 1. The van der Waals surface area contributed by atoms with Crippen LogP contribution in [0.5, 0.6) is 5.75 Å². The Morgan fingerprint density at radius 2 is 2.05 bits per heavy atom. The average molecular weight is 266 g/mol. The smallest absolute Gasteiger partial charge is 0.137 e. The van der Waals surface area contributed by atoms with Crippen molar-refractivity contribution in [2.24, 2.45) is 0 Å². The highest BCUT2D eigenvalue weighted by molar-refractivity contribution is 5.46. The summed E-state index contributed by atoms with van der Waals surface area (Å²) in [6.07, 6.45) is 2.13. The molecule has 0 saturated heterocycles. The highest BCUT2D eigenvalue weighted by Crippen LogP contribution is 2.19. The van der Waals surface area contributed by atoms with Crippen LogP contribution < -0.4 is 4.74 Å².